The van der Waals surface area contributed by atoms with Crippen molar-refractivity contribution in [2.75, 3.05) is 45.8 Å². The van der Waals surface area contributed by atoms with Crippen LogP contribution in [0.3, 0.4) is 0 Å². The SMILES string of the molecule is O=C(c1cc(C(F)(F)F)cc(C(F)(F)F)c1)N1CCC(N2CCN(C3CCN(Cc4ccccc4)C3)CC2)CC1Cc1ccccc1. The number of carbonyl (C=O) groups is 1. The molecule has 3 aromatic carbocycles. The molecule has 0 aromatic heterocycles. The normalized spacial score (nSPS) is 23.7. The fourth-order valence-electron chi connectivity index (χ4n) is 7.52. The fourth-order valence-corrected chi connectivity index (χ4v) is 7.52. The Labute approximate surface area is 271 Å². The van der Waals surface area contributed by atoms with Crippen LogP contribution in [0.15, 0.2) is 78.9 Å². The van der Waals surface area contributed by atoms with Crippen LogP contribution in [0.4, 0.5) is 26.3 Å². The van der Waals surface area contributed by atoms with E-state index in [0.29, 0.717) is 37.4 Å². The van der Waals surface area contributed by atoms with Crippen molar-refractivity contribution in [3.8, 4) is 0 Å². The molecule has 11 heteroatoms. The smallest absolute Gasteiger partial charge is 0.335 e. The molecule has 3 aliphatic heterocycles. The molecular weight excluding hydrogens is 618 g/mol. The molecule has 47 heavy (non-hydrogen) atoms. The van der Waals surface area contributed by atoms with E-state index in [0.717, 1.165) is 57.8 Å². The number of nitrogens with zero attached hydrogens (tertiary/aromatic N) is 4. The van der Waals surface area contributed by atoms with Gasteiger partial charge in [0.25, 0.3) is 5.91 Å². The number of amides is 1. The van der Waals surface area contributed by atoms with E-state index in [1.807, 2.05) is 36.4 Å². The summed E-state index contributed by atoms with van der Waals surface area (Å²) in [5.41, 5.74) is -1.26. The maximum atomic E-state index is 13.7. The third-order valence-corrected chi connectivity index (χ3v) is 9.98. The first-order chi connectivity index (χ1) is 22.4. The van der Waals surface area contributed by atoms with Gasteiger partial charge in [-0.1, -0.05) is 60.7 Å². The van der Waals surface area contributed by atoms with Crippen molar-refractivity contribution in [2.45, 2.75) is 62.7 Å². The lowest BCUT2D eigenvalue weighted by atomic mass is 9.90. The second kappa shape index (κ2) is 14.0. The molecule has 0 N–H and O–H groups in total. The third-order valence-electron chi connectivity index (χ3n) is 9.98. The van der Waals surface area contributed by atoms with Crippen LogP contribution in [0.25, 0.3) is 0 Å². The van der Waals surface area contributed by atoms with Gasteiger partial charge in [-0.15, -0.1) is 0 Å². The zero-order chi connectivity index (χ0) is 33.2. The van der Waals surface area contributed by atoms with Crippen molar-refractivity contribution in [3.63, 3.8) is 0 Å². The topological polar surface area (TPSA) is 30.0 Å². The highest BCUT2D eigenvalue weighted by Crippen LogP contribution is 2.37. The minimum atomic E-state index is -5.02. The Morgan fingerprint density at radius 2 is 1.19 bits per heavy atom. The molecule has 0 radical (unpaired) electrons. The molecule has 3 atom stereocenters. The zero-order valence-corrected chi connectivity index (χ0v) is 26.2. The average molecular weight is 659 g/mol. The molecule has 3 heterocycles. The maximum absolute atomic E-state index is 13.7. The number of rotatable bonds is 7. The molecule has 6 rings (SSSR count). The Morgan fingerprint density at radius 3 is 1.77 bits per heavy atom. The van der Waals surface area contributed by atoms with Gasteiger partial charge in [-0.25, -0.2) is 0 Å². The molecule has 0 aliphatic carbocycles. The first-order valence-corrected chi connectivity index (χ1v) is 16.3. The van der Waals surface area contributed by atoms with E-state index < -0.39 is 35.0 Å². The maximum Gasteiger partial charge on any atom is 0.416 e. The molecule has 1 amide bonds. The van der Waals surface area contributed by atoms with Gasteiger partial charge in [0, 0.05) is 76.0 Å². The van der Waals surface area contributed by atoms with E-state index >= 15 is 0 Å². The second-order valence-corrected chi connectivity index (χ2v) is 13.1. The fraction of sp³-hybridized carbons (Fsp3) is 0.472. The Hall–Kier alpha value is -3.41. The predicted molar refractivity (Wildman–Crippen MR) is 168 cm³/mol. The first-order valence-electron chi connectivity index (χ1n) is 16.3. The van der Waals surface area contributed by atoms with Crippen LogP contribution in [0.2, 0.25) is 0 Å². The number of halogens is 6. The van der Waals surface area contributed by atoms with Crippen molar-refractivity contribution in [2.24, 2.45) is 0 Å². The highest BCUT2D eigenvalue weighted by atomic mass is 19.4. The lowest BCUT2D eigenvalue weighted by Gasteiger charge is -2.47. The summed E-state index contributed by atoms with van der Waals surface area (Å²) in [7, 11) is 0. The molecule has 5 nitrogen and oxygen atoms in total. The Bertz CT molecular complexity index is 1460. The van der Waals surface area contributed by atoms with Gasteiger partial charge >= 0.3 is 12.4 Å². The van der Waals surface area contributed by atoms with Crippen LogP contribution in [0, 0.1) is 0 Å². The number of benzene rings is 3. The first kappa shape index (κ1) is 33.5. The Kier molecular flexibility index (Phi) is 9.96. The number of piperazine rings is 1. The number of alkyl halides is 6. The third kappa shape index (κ3) is 8.18. The lowest BCUT2D eigenvalue weighted by molar-refractivity contribution is -0.143. The minimum Gasteiger partial charge on any atom is -0.335 e. The van der Waals surface area contributed by atoms with Gasteiger partial charge in [0.1, 0.15) is 0 Å². The van der Waals surface area contributed by atoms with E-state index in [1.165, 1.54) is 10.5 Å². The Balaban J connectivity index is 1.13. The molecule has 0 bridgehead atoms. The predicted octanol–water partition coefficient (Wildman–Crippen LogP) is 6.83. The van der Waals surface area contributed by atoms with Gasteiger partial charge in [0.15, 0.2) is 0 Å². The molecule has 3 saturated heterocycles. The second-order valence-electron chi connectivity index (χ2n) is 13.1. The summed E-state index contributed by atoms with van der Waals surface area (Å²) in [6, 6.07) is 21.5. The summed E-state index contributed by atoms with van der Waals surface area (Å²) in [4.78, 5) is 22.8. The van der Waals surface area contributed by atoms with Crippen LogP contribution in [0.5, 0.6) is 0 Å². The summed E-state index contributed by atoms with van der Waals surface area (Å²) >= 11 is 0. The van der Waals surface area contributed by atoms with E-state index in [4.69, 9.17) is 0 Å². The van der Waals surface area contributed by atoms with E-state index in [1.54, 1.807) is 0 Å². The van der Waals surface area contributed by atoms with Crippen molar-refractivity contribution in [1.29, 1.82) is 0 Å². The monoisotopic (exact) mass is 658 g/mol. The molecular formula is C36H40F6N4O. The average Bonchev–Trinajstić information content (AvgIpc) is 3.53. The van der Waals surface area contributed by atoms with Gasteiger partial charge in [-0.3, -0.25) is 19.5 Å². The summed E-state index contributed by atoms with van der Waals surface area (Å²) in [6.45, 7) is 6.98. The summed E-state index contributed by atoms with van der Waals surface area (Å²) in [5, 5.41) is 0. The molecule has 3 aromatic rings. The van der Waals surface area contributed by atoms with Crippen molar-refractivity contribution in [3.05, 3.63) is 107 Å². The molecule has 0 saturated carbocycles. The Morgan fingerprint density at radius 1 is 0.660 bits per heavy atom. The zero-order valence-electron chi connectivity index (χ0n) is 26.2. The van der Waals surface area contributed by atoms with Gasteiger partial charge in [0.05, 0.1) is 11.1 Å². The number of carbonyl (C=O) groups excluding carboxylic acids is 1. The van der Waals surface area contributed by atoms with Crippen molar-refractivity contribution >= 4 is 5.91 Å². The van der Waals surface area contributed by atoms with Crippen LogP contribution in [0.1, 0.15) is 51.9 Å². The number of hydrogen-bond acceptors (Lipinski definition) is 4. The van der Waals surface area contributed by atoms with E-state index in [9.17, 15) is 31.1 Å². The minimum absolute atomic E-state index is 0.0660. The van der Waals surface area contributed by atoms with E-state index in [2.05, 4.69) is 39.0 Å². The van der Waals surface area contributed by atoms with Crippen LogP contribution in [-0.2, 0) is 25.3 Å². The molecule has 3 aliphatic rings. The van der Waals surface area contributed by atoms with Gasteiger partial charge in [0.2, 0.25) is 0 Å². The lowest BCUT2D eigenvalue weighted by Crippen LogP contribution is -2.58. The van der Waals surface area contributed by atoms with Gasteiger partial charge < -0.3 is 4.90 Å². The number of hydrogen-bond donors (Lipinski definition) is 0. The summed E-state index contributed by atoms with van der Waals surface area (Å²) < 4.78 is 81.6. The standard InChI is InChI=1S/C36H40F6N4O/c37-35(38,39)29-20-28(21-30(22-29)36(40,41)42)34(47)46-14-12-31(23-33(46)19-26-7-3-1-4-8-26)44-15-17-45(18-16-44)32-11-13-43(25-32)24-27-9-5-2-6-10-27/h1-10,20-22,31-33H,11-19,23-25H2. The van der Waals surface area contributed by atoms with Crippen LogP contribution in [-0.4, -0.2) is 89.4 Å². The molecule has 0 spiro atoms. The molecule has 3 fully saturated rings. The molecule has 252 valence electrons. The van der Waals surface area contributed by atoms with Gasteiger partial charge in [-0.2, -0.15) is 26.3 Å². The number of piperidine rings is 1. The van der Waals surface area contributed by atoms with E-state index in [-0.39, 0.29) is 24.7 Å². The van der Waals surface area contributed by atoms with Crippen molar-refractivity contribution < 1.29 is 31.1 Å². The summed E-state index contributed by atoms with van der Waals surface area (Å²) in [5.74, 6) is -0.799. The van der Waals surface area contributed by atoms with Gasteiger partial charge in [-0.05, 0) is 55.0 Å². The highest BCUT2D eigenvalue weighted by molar-refractivity contribution is 5.95. The van der Waals surface area contributed by atoms with Crippen LogP contribution >= 0.6 is 0 Å². The van der Waals surface area contributed by atoms with Crippen molar-refractivity contribution in [1.82, 2.24) is 19.6 Å². The number of likely N-dealkylation sites (tertiary alicyclic amines) is 2. The summed E-state index contributed by atoms with van der Waals surface area (Å²) in [6.07, 6.45) is -7.23. The highest BCUT2D eigenvalue weighted by Gasteiger charge is 2.40. The largest absolute Gasteiger partial charge is 0.416 e. The molecule has 3 unspecified atom stereocenters. The quantitative estimate of drug-likeness (QED) is 0.261. The van der Waals surface area contributed by atoms with Crippen LogP contribution < -0.4 is 0 Å².